The molecule has 0 bridgehead atoms. The van der Waals surface area contributed by atoms with E-state index in [0.717, 1.165) is 55.4 Å². The zero-order valence-corrected chi connectivity index (χ0v) is 17.2. The second-order valence-corrected chi connectivity index (χ2v) is 8.73. The maximum Gasteiger partial charge on any atom is 0.129 e. The maximum atomic E-state index is 6.37. The van der Waals surface area contributed by atoms with Gasteiger partial charge in [-0.1, -0.05) is 0 Å². The lowest BCUT2D eigenvalue weighted by atomic mass is 9.81. The minimum atomic E-state index is -0.529. The molecule has 0 aromatic heterocycles. The molecule has 7 heteroatoms. The lowest BCUT2D eigenvalue weighted by Crippen LogP contribution is -2.48. The van der Waals surface area contributed by atoms with E-state index in [1.54, 1.807) is 7.11 Å². The summed E-state index contributed by atoms with van der Waals surface area (Å²) < 4.78 is 11.4. The Labute approximate surface area is 167 Å². The molecule has 0 saturated heterocycles. The summed E-state index contributed by atoms with van der Waals surface area (Å²) in [5, 5.41) is 0. The smallest absolute Gasteiger partial charge is 0.129 e. The molecule has 0 radical (unpaired) electrons. The largest absolute Gasteiger partial charge is 0.487 e. The van der Waals surface area contributed by atoms with E-state index < -0.39 is 5.60 Å². The molecule has 1 heterocycles. The number of hydrogen-bond donors (Lipinski definition) is 3. The molecular weight excluding hydrogens is 356 g/mol. The van der Waals surface area contributed by atoms with Gasteiger partial charge < -0.3 is 20.9 Å². The summed E-state index contributed by atoms with van der Waals surface area (Å²) in [6.07, 6.45) is 5.34. The van der Waals surface area contributed by atoms with Crippen molar-refractivity contribution in [3.05, 3.63) is 29.3 Å². The summed E-state index contributed by atoms with van der Waals surface area (Å²) in [5.74, 6) is 6.86. The highest BCUT2D eigenvalue weighted by atomic mass is 16.6. The summed E-state index contributed by atoms with van der Waals surface area (Å²) >= 11 is 0. The van der Waals surface area contributed by atoms with Crippen molar-refractivity contribution < 1.29 is 14.3 Å². The van der Waals surface area contributed by atoms with Gasteiger partial charge in [0.1, 0.15) is 23.3 Å². The Morgan fingerprint density at radius 3 is 2.64 bits per heavy atom. The third kappa shape index (κ3) is 4.66. The number of ether oxygens (including phenoxy) is 2. The van der Waals surface area contributed by atoms with Gasteiger partial charge in [-0.3, -0.25) is 9.83 Å². The Morgan fingerprint density at radius 1 is 1.29 bits per heavy atom. The summed E-state index contributed by atoms with van der Waals surface area (Å²) in [4.78, 5) is 9.86. The average molecular weight is 391 g/mol. The SMILES string of the molecule is COCC1(N)CCC(N=C(N)c2ccc3c(c2)CC[C@H](C(C)(C)ON)O3)CC1. The Kier molecular flexibility index (Phi) is 6.29. The molecule has 1 saturated carbocycles. The van der Waals surface area contributed by atoms with Gasteiger partial charge in [-0.25, -0.2) is 5.90 Å². The van der Waals surface area contributed by atoms with Crippen LogP contribution in [0.15, 0.2) is 23.2 Å². The summed E-state index contributed by atoms with van der Waals surface area (Å²) in [6.45, 7) is 4.47. The van der Waals surface area contributed by atoms with Crippen molar-refractivity contribution in [3.8, 4) is 5.75 Å². The van der Waals surface area contributed by atoms with Gasteiger partial charge in [0.05, 0.1) is 12.6 Å². The molecule has 1 aliphatic heterocycles. The van der Waals surface area contributed by atoms with Crippen LogP contribution in [-0.4, -0.2) is 42.8 Å². The molecule has 2 aliphatic rings. The zero-order chi connectivity index (χ0) is 20.4. The number of aliphatic imine (C=N–C) groups is 1. The highest BCUT2D eigenvalue weighted by molar-refractivity contribution is 5.98. The van der Waals surface area contributed by atoms with Crippen LogP contribution in [0.5, 0.6) is 5.75 Å². The minimum Gasteiger partial charge on any atom is -0.487 e. The third-order valence-electron chi connectivity index (χ3n) is 6.08. The van der Waals surface area contributed by atoms with Crippen LogP contribution >= 0.6 is 0 Å². The second-order valence-electron chi connectivity index (χ2n) is 8.73. The Hall–Kier alpha value is -1.67. The second kappa shape index (κ2) is 8.37. The number of aryl methyl sites for hydroxylation is 1. The normalized spacial score (nSPS) is 28.5. The van der Waals surface area contributed by atoms with Gasteiger partial charge in [-0.2, -0.15) is 0 Å². The van der Waals surface area contributed by atoms with E-state index in [-0.39, 0.29) is 17.7 Å². The van der Waals surface area contributed by atoms with E-state index in [1.165, 1.54) is 0 Å². The molecule has 156 valence electrons. The van der Waals surface area contributed by atoms with Gasteiger partial charge in [0.2, 0.25) is 0 Å². The predicted octanol–water partition coefficient (Wildman–Crippen LogP) is 2.04. The minimum absolute atomic E-state index is 0.0762. The average Bonchev–Trinajstić information content (AvgIpc) is 2.69. The highest BCUT2D eigenvalue weighted by Crippen LogP contribution is 2.33. The first-order valence-electron chi connectivity index (χ1n) is 10.1. The number of nitrogens with zero attached hydrogens (tertiary/aromatic N) is 1. The quantitative estimate of drug-likeness (QED) is 0.389. The Morgan fingerprint density at radius 2 is 2.00 bits per heavy atom. The molecule has 0 amide bonds. The van der Waals surface area contributed by atoms with E-state index in [9.17, 15) is 0 Å². The van der Waals surface area contributed by atoms with Crippen molar-refractivity contribution in [1.82, 2.24) is 0 Å². The van der Waals surface area contributed by atoms with Crippen molar-refractivity contribution in [2.45, 2.75) is 75.7 Å². The number of hydrogen-bond acceptors (Lipinski definition) is 6. The first-order valence-corrected chi connectivity index (χ1v) is 10.1. The fraction of sp³-hybridized carbons (Fsp3) is 0.667. The van der Waals surface area contributed by atoms with Crippen LogP contribution in [-0.2, 0) is 16.0 Å². The van der Waals surface area contributed by atoms with Crippen LogP contribution < -0.4 is 22.1 Å². The molecule has 3 rings (SSSR count). The first-order chi connectivity index (χ1) is 13.3. The van der Waals surface area contributed by atoms with Gasteiger partial charge in [0, 0.05) is 18.2 Å². The van der Waals surface area contributed by atoms with Gasteiger partial charge in [-0.15, -0.1) is 0 Å². The molecule has 1 aliphatic carbocycles. The van der Waals surface area contributed by atoms with Crippen molar-refractivity contribution >= 4 is 5.84 Å². The van der Waals surface area contributed by atoms with Crippen LogP contribution in [0, 0.1) is 0 Å². The van der Waals surface area contributed by atoms with E-state index in [4.69, 9.17) is 36.7 Å². The molecule has 1 aromatic carbocycles. The van der Waals surface area contributed by atoms with E-state index >= 15 is 0 Å². The summed E-state index contributed by atoms with van der Waals surface area (Å²) in [5.41, 5.74) is 14.0. The monoisotopic (exact) mass is 390 g/mol. The number of benzene rings is 1. The van der Waals surface area contributed by atoms with Crippen LogP contribution in [0.2, 0.25) is 0 Å². The zero-order valence-electron chi connectivity index (χ0n) is 17.2. The van der Waals surface area contributed by atoms with E-state index in [2.05, 4.69) is 6.07 Å². The lowest BCUT2D eigenvalue weighted by Gasteiger charge is -2.36. The topological polar surface area (TPSA) is 118 Å². The Balaban J connectivity index is 1.66. The van der Waals surface area contributed by atoms with Crippen molar-refractivity contribution in [1.29, 1.82) is 0 Å². The summed E-state index contributed by atoms with van der Waals surface area (Å²) in [6, 6.07) is 6.24. The molecule has 1 atom stereocenters. The first kappa shape index (κ1) is 21.0. The standard InChI is InChI=1S/C21H34N4O3/c1-20(2,28-24)18-7-5-14-12-15(4-6-17(14)27-18)19(22)25-16-8-10-21(23,11-9-16)13-26-3/h4,6,12,16,18H,5,7-11,13,23-24H2,1-3H3,(H2,22,25)/t16?,18-,21?/m1/s1. The number of amidine groups is 1. The maximum absolute atomic E-state index is 6.37. The number of fused-ring (bicyclic) bond motifs is 1. The molecule has 0 unspecified atom stereocenters. The van der Waals surface area contributed by atoms with E-state index in [0.29, 0.717) is 12.4 Å². The van der Waals surface area contributed by atoms with Gasteiger partial charge in [-0.05, 0) is 76.1 Å². The van der Waals surface area contributed by atoms with Crippen LogP contribution in [0.25, 0.3) is 0 Å². The highest BCUT2D eigenvalue weighted by Gasteiger charge is 2.35. The number of methoxy groups -OCH3 is 1. The van der Waals surface area contributed by atoms with Gasteiger partial charge in [0.25, 0.3) is 0 Å². The van der Waals surface area contributed by atoms with Crippen molar-refractivity contribution in [2.75, 3.05) is 13.7 Å². The number of rotatable bonds is 6. The molecule has 0 spiro atoms. The predicted molar refractivity (Wildman–Crippen MR) is 110 cm³/mol. The summed E-state index contributed by atoms with van der Waals surface area (Å²) in [7, 11) is 1.70. The molecule has 28 heavy (non-hydrogen) atoms. The molecule has 1 fully saturated rings. The van der Waals surface area contributed by atoms with Crippen LogP contribution in [0.3, 0.4) is 0 Å². The van der Waals surface area contributed by atoms with E-state index in [1.807, 2.05) is 26.0 Å². The van der Waals surface area contributed by atoms with Crippen LogP contribution in [0.1, 0.15) is 57.1 Å². The molecule has 1 aromatic rings. The fourth-order valence-corrected chi connectivity index (χ4v) is 4.12. The molecule has 7 nitrogen and oxygen atoms in total. The Bertz CT molecular complexity index is 712. The number of nitrogens with two attached hydrogens (primary N) is 3. The third-order valence-corrected chi connectivity index (χ3v) is 6.08. The fourth-order valence-electron chi connectivity index (χ4n) is 4.12. The van der Waals surface area contributed by atoms with Gasteiger partial charge in [0.15, 0.2) is 0 Å². The van der Waals surface area contributed by atoms with Crippen molar-refractivity contribution in [3.63, 3.8) is 0 Å². The van der Waals surface area contributed by atoms with Crippen LogP contribution in [0.4, 0.5) is 0 Å². The molecule has 6 N–H and O–H groups in total. The van der Waals surface area contributed by atoms with Crippen molar-refractivity contribution in [2.24, 2.45) is 22.4 Å². The molecular formula is C21H34N4O3. The van der Waals surface area contributed by atoms with Gasteiger partial charge >= 0.3 is 0 Å². The lowest BCUT2D eigenvalue weighted by molar-refractivity contribution is -0.0984.